The molecule has 0 atom stereocenters. The summed E-state index contributed by atoms with van der Waals surface area (Å²) in [5.41, 5.74) is 12.8. The fourth-order valence-electron chi connectivity index (χ4n) is 6.15. The zero-order chi connectivity index (χ0) is 35.1. The highest BCUT2D eigenvalue weighted by Gasteiger charge is 2.29. The number of benzene rings is 4. The molecule has 0 unspecified atom stereocenters. The fraction of sp³-hybridized carbons (Fsp3) is 0.385. The molecule has 0 saturated carbocycles. The average molecular weight is 881 g/mol. The summed E-state index contributed by atoms with van der Waals surface area (Å²) >= 11 is 4.59. The minimum absolute atomic E-state index is 0.223. The Labute approximate surface area is 308 Å². The van der Waals surface area contributed by atoms with Crippen molar-refractivity contribution in [3.8, 4) is 23.0 Å². The highest BCUT2D eigenvalue weighted by molar-refractivity contribution is 14.1. The van der Waals surface area contributed by atoms with E-state index in [1.165, 1.54) is 11.1 Å². The van der Waals surface area contributed by atoms with Crippen LogP contribution in [0.1, 0.15) is 106 Å². The number of hydrogen-bond acceptors (Lipinski definition) is 5. The molecule has 0 radical (unpaired) electrons. The summed E-state index contributed by atoms with van der Waals surface area (Å²) in [7, 11) is -3.60. The number of halogens is 2. The Morgan fingerprint density at radius 2 is 0.957 bits per heavy atom. The Balaban J connectivity index is 1.65. The van der Waals surface area contributed by atoms with Gasteiger partial charge in [-0.3, -0.25) is 0 Å². The molecule has 0 aliphatic rings. The maximum absolute atomic E-state index is 14.1. The predicted octanol–water partition coefficient (Wildman–Crippen LogP) is 11.9. The zero-order valence-electron chi connectivity index (χ0n) is 29.4. The van der Waals surface area contributed by atoms with Crippen molar-refractivity contribution in [1.82, 2.24) is 0 Å². The van der Waals surface area contributed by atoms with Gasteiger partial charge in [0.05, 0.1) is 13.8 Å². The van der Waals surface area contributed by atoms with Crippen LogP contribution in [0.25, 0.3) is 0 Å². The standard InChI is InChI=1S/C39H47I2O5P/c1-20(2)30-16-28(12-14-34(30)42)18-32-22(5)24(7)38(36(40)26(32)9)45-47(11,44)46-39-25(8)23(6)33(27(10)37(39)41)19-29-13-15-35(43)31(17-29)21(3)4/h12-17,20-21,42-43H,18-19H2,1-11H3. The van der Waals surface area contributed by atoms with Gasteiger partial charge in [-0.15, -0.1) is 0 Å². The fourth-order valence-corrected chi connectivity index (χ4v) is 9.33. The molecule has 8 heteroatoms. The summed E-state index contributed by atoms with van der Waals surface area (Å²) in [6, 6.07) is 11.7. The van der Waals surface area contributed by atoms with E-state index in [1.807, 2.05) is 26.0 Å². The van der Waals surface area contributed by atoms with Gasteiger partial charge in [0, 0.05) is 0 Å². The minimum atomic E-state index is -3.60. The lowest BCUT2D eigenvalue weighted by atomic mass is 9.91. The molecule has 0 heterocycles. The third-order valence-corrected chi connectivity index (χ3v) is 13.0. The topological polar surface area (TPSA) is 76.0 Å². The van der Waals surface area contributed by atoms with E-state index in [-0.39, 0.29) is 11.8 Å². The molecule has 0 aliphatic carbocycles. The quantitative estimate of drug-likeness (QED) is 0.123. The van der Waals surface area contributed by atoms with Crippen LogP contribution in [0.5, 0.6) is 23.0 Å². The zero-order valence-corrected chi connectivity index (χ0v) is 34.6. The van der Waals surface area contributed by atoms with E-state index < -0.39 is 7.60 Å². The monoisotopic (exact) mass is 880 g/mol. The van der Waals surface area contributed by atoms with Crippen molar-refractivity contribution in [3.05, 3.63) is 110 Å². The molecule has 47 heavy (non-hydrogen) atoms. The molecule has 0 aromatic heterocycles. The second-order valence-corrected chi connectivity index (χ2v) is 17.5. The average Bonchev–Trinajstić information content (AvgIpc) is 3.01. The summed E-state index contributed by atoms with van der Waals surface area (Å²) in [6.07, 6.45) is 1.45. The molecular formula is C39H47I2O5P. The molecule has 0 aliphatic heterocycles. The summed E-state index contributed by atoms with van der Waals surface area (Å²) in [6.45, 7) is 22.2. The lowest BCUT2D eigenvalue weighted by molar-refractivity contribution is 0.388. The molecule has 4 aromatic carbocycles. The van der Waals surface area contributed by atoms with E-state index in [2.05, 4.69) is 113 Å². The third kappa shape index (κ3) is 7.99. The van der Waals surface area contributed by atoms with Crippen molar-refractivity contribution in [3.63, 3.8) is 0 Å². The first-order chi connectivity index (χ1) is 21.8. The van der Waals surface area contributed by atoms with Crippen LogP contribution in [0, 0.1) is 48.7 Å². The van der Waals surface area contributed by atoms with Crippen LogP contribution in [0.3, 0.4) is 0 Å². The lowest BCUT2D eigenvalue weighted by Gasteiger charge is -2.25. The summed E-state index contributed by atoms with van der Waals surface area (Å²) in [5, 5.41) is 20.7. The van der Waals surface area contributed by atoms with Gasteiger partial charge in [0.2, 0.25) is 0 Å². The number of rotatable bonds is 10. The lowest BCUT2D eigenvalue weighted by Crippen LogP contribution is -2.09. The van der Waals surface area contributed by atoms with Crippen LogP contribution in [0.15, 0.2) is 36.4 Å². The number of hydrogen-bond donors (Lipinski definition) is 2. The molecular weight excluding hydrogens is 833 g/mol. The Kier molecular flexibility index (Phi) is 11.8. The van der Waals surface area contributed by atoms with Gasteiger partial charge in [0.15, 0.2) is 0 Å². The smallest absolute Gasteiger partial charge is 0.427 e. The summed E-state index contributed by atoms with van der Waals surface area (Å²) in [5.74, 6) is 2.28. The summed E-state index contributed by atoms with van der Waals surface area (Å²) < 4.78 is 28.6. The first-order valence-electron chi connectivity index (χ1n) is 16.0. The Morgan fingerprint density at radius 3 is 1.28 bits per heavy atom. The Bertz CT molecular complexity index is 1700. The first kappa shape index (κ1) is 37.6. The SMILES string of the molecule is Cc1c(C)c(OP(C)(=O)Oc2c(C)c(C)c(Cc3ccc(O)c(C(C)C)c3)c(C)c2I)c(I)c(C)c1Cc1ccc(O)c(C(C)C)c1. The van der Waals surface area contributed by atoms with E-state index in [0.29, 0.717) is 23.0 Å². The Hall–Kier alpha value is -2.23. The Morgan fingerprint density at radius 1 is 0.617 bits per heavy atom. The molecule has 2 N–H and O–H groups in total. The number of aromatic hydroxyl groups is 2. The first-order valence-corrected chi connectivity index (χ1v) is 20.2. The summed E-state index contributed by atoms with van der Waals surface area (Å²) in [4.78, 5) is 0. The number of phenolic OH excluding ortho intramolecular Hbond substituents is 2. The van der Waals surface area contributed by atoms with Gasteiger partial charge in [-0.2, -0.15) is 0 Å². The molecule has 0 saturated heterocycles. The van der Waals surface area contributed by atoms with E-state index in [4.69, 9.17) is 9.05 Å². The second kappa shape index (κ2) is 14.7. The van der Waals surface area contributed by atoms with E-state index in [9.17, 15) is 14.8 Å². The van der Waals surface area contributed by atoms with Gasteiger partial charge in [0.25, 0.3) is 0 Å². The van der Waals surface area contributed by atoms with Crippen molar-refractivity contribution in [1.29, 1.82) is 0 Å². The minimum Gasteiger partial charge on any atom is -0.508 e. The van der Waals surface area contributed by atoms with Crippen molar-refractivity contribution < 1.29 is 23.8 Å². The predicted molar refractivity (Wildman–Crippen MR) is 212 cm³/mol. The molecule has 0 amide bonds. The molecule has 0 spiro atoms. The van der Waals surface area contributed by atoms with Crippen molar-refractivity contribution >= 4 is 52.8 Å². The molecule has 0 bridgehead atoms. The van der Waals surface area contributed by atoms with E-state index >= 15 is 0 Å². The number of phenols is 2. The van der Waals surface area contributed by atoms with Crippen LogP contribution in [0.4, 0.5) is 0 Å². The van der Waals surface area contributed by atoms with Crippen molar-refractivity contribution in [2.75, 3.05) is 6.66 Å². The van der Waals surface area contributed by atoms with Crippen molar-refractivity contribution in [2.45, 2.75) is 93.9 Å². The van der Waals surface area contributed by atoms with Crippen LogP contribution in [0.2, 0.25) is 0 Å². The van der Waals surface area contributed by atoms with Gasteiger partial charge in [-0.25, -0.2) is 4.57 Å². The molecule has 4 aromatic rings. The van der Waals surface area contributed by atoms with Gasteiger partial charge < -0.3 is 19.3 Å². The highest BCUT2D eigenvalue weighted by Crippen LogP contribution is 2.51. The van der Waals surface area contributed by atoms with Gasteiger partial charge in [-0.1, -0.05) is 52.0 Å². The highest BCUT2D eigenvalue weighted by atomic mass is 127. The van der Waals surface area contributed by atoms with E-state index in [0.717, 1.165) is 75.6 Å². The van der Waals surface area contributed by atoms with Crippen molar-refractivity contribution in [2.24, 2.45) is 0 Å². The normalized spacial score (nSPS) is 11.9. The van der Waals surface area contributed by atoms with Crippen LogP contribution < -0.4 is 9.05 Å². The second-order valence-electron chi connectivity index (χ2n) is 13.4. The van der Waals surface area contributed by atoms with Gasteiger partial charge in [-0.05, 0) is 190 Å². The molecule has 252 valence electrons. The van der Waals surface area contributed by atoms with Gasteiger partial charge >= 0.3 is 7.60 Å². The molecule has 5 nitrogen and oxygen atoms in total. The van der Waals surface area contributed by atoms with Crippen LogP contribution in [-0.2, 0) is 17.4 Å². The van der Waals surface area contributed by atoms with Crippen LogP contribution in [-0.4, -0.2) is 16.9 Å². The molecule has 0 fully saturated rings. The maximum atomic E-state index is 14.1. The van der Waals surface area contributed by atoms with E-state index in [1.54, 1.807) is 18.8 Å². The maximum Gasteiger partial charge on any atom is 0.427 e. The molecule has 4 rings (SSSR count). The van der Waals surface area contributed by atoms with Crippen LogP contribution >= 0.6 is 52.8 Å². The van der Waals surface area contributed by atoms with Gasteiger partial charge in [0.1, 0.15) is 23.0 Å². The third-order valence-electron chi connectivity index (χ3n) is 9.38. The largest absolute Gasteiger partial charge is 0.508 e.